The molecular weight excluding hydrogens is 236 g/mol. The first kappa shape index (κ1) is 12.1. The zero-order chi connectivity index (χ0) is 12.3. The molecule has 0 aliphatic heterocycles. The lowest BCUT2D eigenvalue weighted by atomic mass is 10.1. The first-order valence-electron chi connectivity index (χ1n) is 5.74. The number of nitrogens with one attached hydrogen (secondary N) is 1. The average Bonchev–Trinajstić information content (AvgIpc) is 2.76. The minimum absolute atomic E-state index is 0.0325. The molecule has 90 valence electrons. The molecule has 1 unspecified atom stereocenters. The molecular formula is C13H15ClN2O. The summed E-state index contributed by atoms with van der Waals surface area (Å²) in [7, 11) is 0. The lowest BCUT2D eigenvalue weighted by molar-refractivity contribution is -0.116. The van der Waals surface area contributed by atoms with Crippen LogP contribution in [0.1, 0.15) is 24.8 Å². The van der Waals surface area contributed by atoms with Crippen LogP contribution in [0, 0.1) is 12.8 Å². The van der Waals surface area contributed by atoms with E-state index in [0.29, 0.717) is 23.2 Å². The highest BCUT2D eigenvalue weighted by Crippen LogP contribution is 2.21. The highest BCUT2D eigenvalue weighted by atomic mass is 35.5. The fraction of sp³-hybridized carbons (Fsp3) is 0.385. The van der Waals surface area contributed by atoms with Gasteiger partial charge in [-0.05, 0) is 37.3 Å². The van der Waals surface area contributed by atoms with E-state index in [2.05, 4.69) is 22.5 Å². The van der Waals surface area contributed by atoms with Crippen molar-refractivity contribution in [2.45, 2.75) is 26.2 Å². The van der Waals surface area contributed by atoms with Gasteiger partial charge in [0.1, 0.15) is 5.15 Å². The molecule has 0 saturated carbocycles. The van der Waals surface area contributed by atoms with Crippen molar-refractivity contribution in [2.24, 2.45) is 5.92 Å². The number of halogens is 1. The minimum atomic E-state index is 0.0325. The smallest absolute Gasteiger partial charge is 0.225 e. The van der Waals surface area contributed by atoms with E-state index >= 15 is 0 Å². The van der Waals surface area contributed by atoms with Crippen LogP contribution in [0.25, 0.3) is 0 Å². The van der Waals surface area contributed by atoms with Crippen molar-refractivity contribution in [1.82, 2.24) is 4.98 Å². The van der Waals surface area contributed by atoms with Crippen molar-refractivity contribution in [3.05, 3.63) is 35.1 Å². The van der Waals surface area contributed by atoms with Gasteiger partial charge >= 0.3 is 0 Å². The fourth-order valence-electron chi connectivity index (χ4n) is 1.94. The van der Waals surface area contributed by atoms with Crippen LogP contribution in [0.4, 0.5) is 5.69 Å². The topological polar surface area (TPSA) is 42.0 Å². The second-order valence-corrected chi connectivity index (χ2v) is 4.71. The van der Waals surface area contributed by atoms with E-state index in [4.69, 9.17) is 11.6 Å². The van der Waals surface area contributed by atoms with Crippen LogP contribution >= 0.6 is 11.6 Å². The first-order valence-corrected chi connectivity index (χ1v) is 6.11. The third kappa shape index (κ3) is 3.30. The molecule has 1 atom stereocenters. The van der Waals surface area contributed by atoms with Gasteiger partial charge in [0, 0.05) is 6.42 Å². The Bertz CT molecular complexity index is 457. The molecule has 1 amide bonds. The van der Waals surface area contributed by atoms with Gasteiger partial charge < -0.3 is 5.32 Å². The zero-order valence-electron chi connectivity index (χ0n) is 9.74. The van der Waals surface area contributed by atoms with E-state index in [1.807, 2.05) is 13.0 Å². The van der Waals surface area contributed by atoms with Crippen molar-refractivity contribution in [2.75, 3.05) is 5.32 Å². The maximum absolute atomic E-state index is 11.8. The SMILES string of the molecule is Cc1cc(NC(=O)CC2C=CCC2)cnc1Cl. The Kier molecular flexibility index (Phi) is 3.79. The summed E-state index contributed by atoms with van der Waals surface area (Å²) in [5, 5.41) is 3.32. The van der Waals surface area contributed by atoms with Gasteiger partial charge in [-0.2, -0.15) is 0 Å². The minimum Gasteiger partial charge on any atom is -0.325 e. The number of allylic oxidation sites excluding steroid dienone is 2. The molecule has 2 rings (SSSR count). The predicted molar refractivity (Wildman–Crippen MR) is 69.1 cm³/mol. The van der Waals surface area contributed by atoms with E-state index < -0.39 is 0 Å². The zero-order valence-corrected chi connectivity index (χ0v) is 10.5. The first-order chi connectivity index (χ1) is 8.15. The molecule has 0 saturated heterocycles. The largest absolute Gasteiger partial charge is 0.325 e. The Balaban J connectivity index is 1.93. The standard InChI is InChI=1S/C13H15ClN2O/c1-9-6-11(8-15-13(9)14)16-12(17)7-10-4-2-3-5-10/h2,4,6,8,10H,3,5,7H2,1H3,(H,16,17). The fourth-order valence-corrected chi connectivity index (χ4v) is 2.05. The van der Waals surface area contributed by atoms with E-state index in [-0.39, 0.29) is 5.91 Å². The van der Waals surface area contributed by atoms with Gasteiger partial charge in [-0.3, -0.25) is 4.79 Å². The Morgan fingerprint density at radius 1 is 1.65 bits per heavy atom. The molecule has 1 heterocycles. The van der Waals surface area contributed by atoms with Gasteiger partial charge in [-0.25, -0.2) is 4.98 Å². The summed E-state index contributed by atoms with van der Waals surface area (Å²) >= 11 is 5.82. The molecule has 1 aromatic heterocycles. The second kappa shape index (κ2) is 5.32. The number of aromatic nitrogens is 1. The van der Waals surface area contributed by atoms with Crippen LogP contribution in [0.15, 0.2) is 24.4 Å². The number of anilines is 1. The molecule has 3 nitrogen and oxygen atoms in total. The van der Waals surface area contributed by atoms with Crippen LogP contribution in [0.2, 0.25) is 5.15 Å². The van der Waals surface area contributed by atoms with Crippen LogP contribution in [-0.4, -0.2) is 10.9 Å². The monoisotopic (exact) mass is 250 g/mol. The van der Waals surface area contributed by atoms with Crippen LogP contribution in [0.3, 0.4) is 0 Å². The van der Waals surface area contributed by atoms with Crippen molar-refractivity contribution >= 4 is 23.2 Å². The number of rotatable bonds is 3. The van der Waals surface area contributed by atoms with Crippen molar-refractivity contribution in [1.29, 1.82) is 0 Å². The Hall–Kier alpha value is -1.35. The molecule has 4 heteroatoms. The maximum atomic E-state index is 11.8. The average molecular weight is 251 g/mol. The quantitative estimate of drug-likeness (QED) is 0.660. The predicted octanol–water partition coefficient (Wildman–Crippen LogP) is 3.34. The number of nitrogens with zero attached hydrogens (tertiary/aromatic N) is 1. The summed E-state index contributed by atoms with van der Waals surface area (Å²) < 4.78 is 0. The number of carbonyl (C=O) groups excluding carboxylic acids is 1. The number of pyridine rings is 1. The highest BCUT2D eigenvalue weighted by molar-refractivity contribution is 6.30. The molecule has 1 aliphatic carbocycles. The highest BCUT2D eigenvalue weighted by Gasteiger charge is 2.14. The summed E-state index contributed by atoms with van der Waals surface area (Å²) in [6, 6.07) is 1.83. The molecule has 0 spiro atoms. The summed E-state index contributed by atoms with van der Waals surface area (Å²) in [6.45, 7) is 1.87. The molecule has 1 N–H and O–H groups in total. The van der Waals surface area contributed by atoms with Gasteiger partial charge in [0.2, 0.25) is 5.91 Å². The summed E-state index contributed by atoms with van der Waals surface area (Å²) in [5.74, 6) is 0.418. The van der Waals surface area contributed by atoms with Crippen LogP contribution in [-0.2, 0) is 4.79 Å². The second-order valence-electron chi connectivity index (χ2n) is 4.35. The summed E-state index contributed by atoms with van der Waals surface area (Å²) in [5.41, 5.74) is 1.57. The molecule has 1 aromatic rings. The molecule has 0 bridgehead atoms. The van der Waals surface area contributed by atoms with Gasteiger partial charge in [0.25, 0.3) is 0 Å². The van der Waals surface area contributed by atoms with E-state index in [1.54, 1.807) is 6.20 Å². The van der Waals surface area contributed by atoms with Crippen molar-refractivity contribution < 1.29 is 4.79 Å². The van der Waals surface area contributed by atoms with Gasteiger partial charge in [0.05, 0.1) is 11.9 Å². The van der Waals surface area contributed by atoms with Crippen LogP contribution in [0.5, 0.6) is 0 Å². The van der Waals surface area contributed by atoms with Crippen molar-refractivity contribution in [3.8, 4) is 0 Å². The van der Waals surface area contributed by atoms with Gasteiger partial charge in [-0.15, -0.1) is 0 Å². The maximum Gasteiger partial charge on any atom is 0.225 e. The molecule has 0 aromatic carbocycles. The molecule has 17 heavy (non-hydrogen) atoms. The third-order valence-electron chi connectivity index (χ3n) is 2.86. The Labute approximate surface area is 106 Å². The Morgan fingerprint density at radius 3 is 3.12 bits per heavy atom. The lowest BCUT2D eigenvalue weighted by Crippen LogP contribution is -2.15. The van der Waals surface area contributed by atoms with Gasteiger partial charge in [0.15, 0.2) is 0 Å². The van der Waals surface area contributed by atoms with Crippen molar-refractivity contribution in [3.63, 3.8) is 0 Å². The Morgan fingerprint density at radius 2 is 2.47 bits per heavy atom. The van der Waals surface area contributed by atoms with E-state index in [1.165, 1.54) is 0 Å². The number of hydrogen-bond acceptors (Lipinski definition) is 2. The van der Waals surface area contributed by atoms with E-state index in [0.717, 1.165) is 18.4 Å². The molecule has 0 fully saturated rings. The summed E-state index contributed by atoms with van der Waals surface area (Å²) in [4.78, 5) is 15.8. The third-order valence-corrected chi connectivity index (χ3v) is 3.25. The van der Waals surface area contributed by atoms with Crippen LogP contribution < -0.4 is 5.32 Å². The normalized spacial score (nSPS) is 18.4. The number of hydrogen-bond donors (Lipinski definition) is 1. The number of carbonyl (C=O) groups is 1. The number of aryl methyl sites for hydroxylation is 1. The lowest BCUT2D eigenvalue weighted by Gasteiger charge is -2.09. The molecule has 0 radical (unpaired) electrons. The molecule has 1 aliphatic rings. The van der Waals surface area contributed by atoms with E-state index in [9.17, 15) is 4.79 Å². The van der Waals surface area contributed by atoms with Gasteiger partial charge in [-0.1, -0.05) is 23.8 Å². The summed E-state index contributed by atoms with van der Waals surface area (Å²) in [6.07, 6.45) is 8.53. The number of amides is 1.